The fourth-order valence-corrected chi connectivity index (χ4v) is 2.23. The van der Waals surface area contributed by atoms with Crippen molar-refractivity contribution in [2.75, 3.05) is 33.1 Å². The number of likely N-dealkylation sites (N-methyl/N-ethyl adjacent to an activating group) is 1. The first-order valence-corrected chi connectivity index (χ1v) is 8.04. The van der Waals surface area contributed by atoms with Crippen LogP contribution in [0.1, 0.15) is 30.5 Å². The third-order valence-electron chi connectivity index (χ3n) is 3.91. The fraction of sp³-hybridized carbons (Fsp3) is 0.500. The van der Waals surface area contributed by atoms with Gasteiger partial charge in [0.25, 0.3) is 0 Å². The molecule has 1 saturated carbocycles. The molecule has 0 aliphatic heterocycles. The lowest BCUT2D eigenvalue weighted by atomic mass is 10.3. The molecule has 0 saturated heterocycles. The third kappa shape index (κ3) is 4.17. The van der Waals surface area contributed by atoms with Crippen molar-refractivity contribution >= 4 is 11.7 Å². The molecule has 9 heteroatoms. The Kier molecular flexibility index (Phi) is 5.01. The van der Waals surface area contributed by atoms with E-state index in [-0.39, 0.29) is 11.9 Å². The largest absolute Gasteiger partial charge is 0.481 e. The Balaban J connectivity index is 1.54. The molecule has 2 aromatic rings. The van der Waals surface area contributed by atoms with Gasteiger partial charge in [-0.2, -0.15) is 9.97 Å². The Morgan fingerprint density at radius 3 is 2.80 bits per heavy atom. The molecule has 2 amide bonds. The summed E-state index contributed by atoms with van der Waals surface area (Å²) >= 11 is 0. The highest BCUT2D eigenvalue weighted by Gasteiger charge is 2.29. The highest BCUT2D eigenvalue weighted by molar-refractivity contribution is 5.90. The molecule has 9 nitrogen and oxygen atoms in total. The van der Waals surface area contributed by atoms with Gasteiger partial charge >= 0.3 is 6.03 Å². The molecule has 25 heavy (non-hydrogen) atoms. The van der Waals surface area contributed by atoms with E-state index >= 15 is 0 Å². The number of urea groups is 1. The number of aromatic nitrogens is 3. The molecule has 1 aliphatic carbocycles. The number of carbonyl (C=O) groups excluding carboxylic acids is 1. The average molecular weight is 347 g/mol. The van der Waals surface area contributed by atoms with Gasteiger partial charge in [0.15, 0.2) is 5.82 Å². The van der Waals surface area contributed by atoms with E-state index in [1.54, 1.807) is 19.2 Å². The van der Waals surface area contributed by atoms with Gasteiger partial charge in [0.2, 0.25) is 17.7 Å². The molecule has 0 bridgehead atoms. The van der Waals surface area contributed by atoms with Crippen molar-refractivity contribution < 1.29 is 18.8 Å². The van der Waals surface area contributed by atoms with E-state index in [0.29, 0.717) is 42.2 Å². The van der Waals surface area contributed by atoms with Crippen molar-refractivity contribution in [2.45, 2.75) is 25.2 Å². The third-order valence-corrected chi connectivity index (χ3v) is 3.91. The van der Waals surface area contributed by atoms with Crippen molar-refractivity contribution in [3.05, 3.63) is 23.8 Å². The monoisotopic (exact) mass is 347 g/mol. The molecule has 1 fully saturated rings. The van der Waals surface area contributed by atoms with E-state index in [2.05, 4.69) is 20.4 Å². The number of amides is 2. The van der Waals surface area contributed by atoms with Gasteiger partial charge < -0.3 is 24.2 Å². The summed E-state index contributed by atoms with van der Waals surface area (Å²) in [5, 5.41) is 6.71. The molecule has 1 N–H and O–H groups in total. The number of anilines is 1. The fourth-order valence-electron chi connectivity index (χ4n) is 2.23. The minimum absolute atomic E-state index is 0.281. The van der Waals surface area contributed by atoms with Crippen LogP contribution < -0.4 is 14.8 Å². The number of ether oxygens (including phenoxy) is 2. The van der Waals surface area contributed by atoms with E-state index in [4.69, 9.17) is 14.0 Å². The molecule has 0 unspecified atom stereocenters. The summed E-state index contributed by atoms with van der Waals surface area (Å²) < 4.78 is 15.4. The van der Waals surface area contributed by atoms with Crippen LogP contribution in [0.5, 0.6) is 11.8 Å². The van der Waals surface area contributed by atoms with Crippen molar-refractivity contribution in [1.29, 1.82) is 0 Å². The van der Waals surface area contributed by atoms with E-state index in [9.17, 15) is 4.79 Å². The van der Waals surface area contributed by atoms with Gasteiger partial charge in [-0.3, -0.25) is 0 Å². The summed E-state index contributed by atoms with van der Waals surface area (Å²) in [7, 11) is 4.69. The van der Waals surface area contributed by atoms with Gasteiger partial charge in [0.05, 0.1) is 14.2 Å². The molecular formula is C16H21N5O4. The summed E-state index contributed by atoms with van der Waals surface area (Å²) in [5.41, 5.74) is 0.468. The first-order chi connectivity index (χ1) is 12.1. The number of methoxy groups -OCH3 is 2. The molecule has 3 rings (SSSR count). The lowest BCUT2D eigenvalue weighted by Gasteiger charge is -2.18. The number of hydrogen-bond acceptors (Lipinski definition) is 7. The Morgan fingerprint density at radius 1 is 1.32 bits per heavy atom. The smallest absolute Gasteiger partial charge is 0.321 e. The predicted molar refractivity (Wildman–Crippen MR) is 89.0 cm³/mol. The van der Waals surface area contributed by atoms with Crippen molar-refractivity contribution in [3.63, 3.8) is 0 Å². The lowest BCUT2D eigenvalue weighted by Crippen LogP contribution is -2.33. The van der Waals surface area contributed by atoms with Gasteiger partial charge in [-0.05, 0) is 18.9 Å². The standard InChI is InChI=1S/C16H21N5O4/c1-21(9-8-12-18-14(25-20-12)10-4-5-10)16(22)17-11-6-7-13(23-2)19-15(11)24-3/h6-7,10H,4-5,8-9H2,1-3H3,(H,17,22). The maximum Gasteiger partial charge on any atom is 0.321 e. The number of nitrogens with zero attached hydrogens (tertiary/aromatic N) is 4. The van der Waals surface area contributed by atoms with Crippen LogP contribution in [-0.4, -0.2) is 53.9 Å². The van der Waals surface area contributed by atoms with Gasteiger partial charge in [-0.25, -0.2) is 4.79 Å². The van der Waals surface area contributed by atoms with Gasteiger partial charge in [0.1, 0.15) is 5.69 Å². The normalized spacial score (nSPS) is 13.4. The first-order valence-electron chi connectivity index (χ1n) is 8.04. The molecule has 2 aromatic heterocycles. The molecule has 2 heterocycles. The van der Waals surface area contributed by atoms with E-state index in [0.717, 1.165) is 12.8 Å². The SMILES string of the molecule is COc1ccc(NC(=O)N(C)CCc2noc(C3CC3)n2)c(OC)n1. The van der Waals surface area contributed by atoms with E-state index < -0.39 is 0 Å². The highest BCUT2D eigenvalue weighted by atomic mass is 16.5. The topological polar surface area (TPSA) is 103 Å². The Labute approximate surface area is 145 Å². The zero-order valence-electron chi connectivity index (χ0n) is 14.5. The molecule has 0 radical (unpaired) electrons. The second kappa shape index (κ2) is 7.37. The van der Waals surface area contributed by atoms with E-state index in [1.807, 2.05) is 0 Å². The Morgan fingerprint density at radius 2 is 2.12 bits per heavy atom. The van der Waals surface area contributed by atoms with Crippen molar-refractivity contribution in [2.24, 2.45) is 0 Å². The quantitative estimate of drug-likeness (QED) is 0.818. The summed E-state index contributed by atoms with van der Waals surface area (Å²) in [6, 6.07) is 3.05. The minimum atomic E-state index is -0.281. The van der Waals surface area contributed by atoms with Crippen LogP contribution in [0.2, 0.25) is 0 Å². The zero-order chi connectivity index (χ0) is 17.8. The van der Waals surface area contributed by atoms with Gasteiger partial charge in [-0.1, -0.05) is 5.16 Å². The number of hydrogen-bond donors (Lipinski definition) is 1. The Hall–Kier alpha value is -2.84. The summed E-state index contributed by atoms with van der Waals surface area (Å²) in [6.45, 7) is 0.460. The number of pyridine rings is 1. The van der Waals surface area contributed by atoms with Crippen LogP contribution in [0.25, 0.3) is 0 Å². The zero-order valence-corrected chi connectivity index (χ0v) is 14.5. The number of nitrogens with one attached hydrogen (secondary N) is 1. The molecule has 134 valence electrons. The van der Waals surface area contributed by atoms with Crippen LogP contribution >= 0.6 is 0 Å². The molecule has 0 aromatic carbocycles. The summed E-state index contributed by atoms with van der Waals surface area (Å²) in [5.74, 6) is 2.44. The Bertz CT molecular complexity index is 744. The second-order valence-electron chi connectivity index (χ2n) is 5.84. The average Bonchev–Trinajstić information content (AvgIpc) is 3.38. The lowest BCUT2D eigenvalue weighted by molar-refractivity contribution is 0.222. The maximum absolute atomic E-state index is 12.3. The predicted octanol–water partition coefficient (Wildman–Crippen LogP) is 2.07. The van der Waals surface area contributed by atoms with Crippen LogP contribution in [0, 0.1) is 0 Å². The minimum Gasteiger partial charge on any atom is -0.481 e. The second-order valence-corrected chi connectivity index (χ2v) is 5.84. The highest BCUT2D eigenvalue weighted by Crippen LogP contribution is 2.38. The number of carbonyl (C=O) groups is 1. The van der Waals surface area contributed by atoms with Gasteiger partial charge in [0, 0.05) is 32.0 Å². The molecular weight excluding hydrogens is 326 g/mol. The van der Waals surface area contributed by atoms with E-state index in [1.165, 1.54) is 19.1 Å². The van der Waals surface area contributed by atoms with Crippen LogP contribution in [0.3, 0.4) is 0 Å². The summed E-state index contributed by atoms with van der Waals surface area (Å²) in [4.78, 5) is 22.3. The molecule has 0 atom stereocenters. The molecule has 1 aliphatic rings. The first kappa shape index (κ1) is 17.0. The van der Waals surface area contributed by atoms with Crippen LogP contribution in [0.4, 0.5) is 10.5 Å². The van der Waals surface area contributed by atoms with Gasteiger partial charge in [-0.15, -0.1) is 0 Å². The molecule has 0 spiro atoms. The van der Waals surface area contributed by atoms with Crippen LogP contribution in [0.15, 0.2) is 16.7 Å². The number of rotatable bonds is 7. The summed E-state index contributed by atoms with van der Waals surface area (Å²) in [6.07, 6.45) is 2.75. The van der Waals surface area contributed by atoms with Crippen molar-refractivity contribution in [3.8, 4) is 11.8 Å². The van der Waals surface area contributed by atoms with Crippen molar-refractivity contribution in [1.82, 2.24) is 20.0 Å². The van der Waals surface area contributed by atoms with Crippen LogP contribution in [-0.2, 0) is 6.42 Å². The maximum atomic E-state index is 12.3.